The summed E-state index contributed by atoms with van der Waals surface area (Å²) in [7, 11) is 3.08. The number of benzene rings is 2. The first-order valence-electron chi connectivity index (χ1n) is 8.32. The molecule has 6 heteroatoms. The van der Waals surface area contributed by atoms with Gasteiger partial charge in [0.15, 0.2) is 0 Å². The maximum absolute atomic E-state index is 12.5. The summed E-state index contributed by atoms with van der Waals surface area (Å²) in [4.78, 5) is 12.5. The molecule has 0 aliphatic rings. The highest BCUT2D eigenvalue weighted by Gasteiger charge is 2.15. The van der Waals surface area contributed by atoms with Crippen LogP contribution in [0.4, 0.5) is 0 Å². The zero-order valence-electron chi connectivity index (χ0n) is 15.6. The molecule has 0 spiro atoms. The van der Waals surface area contributed by atoms with E-state index < -0.39 is 0 Å². The lowest BCUT2D eigenvalue weighted by molar-refractivity contribution is 0.0948. The fourth-order valence-electron chi connectivity index (χ4n) is 2.54. The van der Waals surface area contributed by atoms with Crippen molar-refractivity contribution >= 4 is 18.3 Å². The van der Waals surface area contributed by atoms with Gasteiger partial charge in [0.1, 0.15) is 11.5 Å². The van der Waals surface area contributed by atoms with Crippen LogP contribution in [0.15, 0.2) is 42.5 Å². The molecule has 26 heavy (non-hydrogen) atoms. The minimum atomic E-state index is -0.276. The van der Waals surface area contributed by atoms with Crippen molar-refractivity contribution in [3.63, 3.8) is 0 Å². The van der Waals surface area contributed by atoms with Crippen molar-refractivity contribution in [2.75, 3.05) is 20.8 Å². The monoisotopic (exact) mass is 378 g/mol. The third-order valence-electron chi connectivity index (χ3n) is 4.17. The number of carbonyl (C=O) groups excluding carboxylic acids is 1. The molecule has 0 saturated carbocycles. The van der Waals surface area contributed by atoms with Crippen LogP contribution in [-0.4, -0.2) is 26.7 Å². The molecule has 3 N–H and O–H groups in total. The van der Waals surface area contributed by atoms with Gasteiger partial charge in [-0.25, -0.2) is 0 Å². The molecule has 2 aromatic carbocycles. The topological polar surface area (TPSA) is 73.6 Å². The molecule has 0 aromatic heterocycles. The maximum Gasteiger partial charge on any atom is 0.255 e. The summed E-state index contributed by atoms with van der Waals surface area (Å²) in [5.41, 5.74) is 8.88. The van der Waals surface area contributed by atoms with Gasteiger partial charge >= 0.3 is 0 Å². The summed E-state index contributed by atoms with van der Waals surface area (Å²) >= 11 is 0. The fourth-order valence-corrected chi connectivity index (χ4v) is 2.54. The van der Waals surface area contributed by atoms with Gasteiger partial charge in [0, 0.05) is 12.6 Å². The predicted molar refractivity (Wildman–Crippen MR) is 107 cm³/mol. The molecule has 2 rings (SSSR count). The molecular formula is C20H27ClN2O3. The average molecular weight is 379 g/mol. The molecular weight excluding hydrogens is 352 g/mol. The Morgan fingerprint density at radius 1 is 1.04 bits per heavy atom. The number of nitrogens with one attached hydrogen (secondary N) is 1. The van der Waals surface area contributed by atoms with Crippen LogP contribution in [0.25, 0.3) is 0 Å². The van der Waals surface area contributed by atoms with Crippen molar-refractivity contribution in [2.24, 2.45) is 5.73 Å². The van der Waals surface area contributed by atoms with E-state index in [0.717, 1.165) is 5.56 Å². The van der Waals surface area contributed by atoms with Gasteiger partial charge in [-0.15, -0.1) is 12.4 Å². The van der Waals surface area contributed by atoms with Gasteiger partial charge in [-0.3, -0.25) is 4.79 Å². The summed E-state index contributed by atoms with van der Waals surface area (Å²) in [5, 5.41) is 2.86. The van der Waals surface area contributed by atoms with Crippen LogP contribution < -0.4 is 20.5 Å². The van der Waals surface area contributed by atoms with Gasteiger partial charge in [0.25, 0.3) is 5.91 Å². The van der Waals surface area contributed by atoms with E-state index in [-0.39, 0.29) is 24.4 Å². The van der Waals surface area contributed by atoms with Crippen LogP contribution >= 0.6 is 12.4 Å². The van der Waals surface area contributed by atoms with Crippen LogP contribution in [0.3, 0.4) is 0 Å². The maximum atomic E-state index is 12.5. The number of hydrogen-bond donors (Lipinski definition) is 2. The first-order chi connectivity index (χ1) is 12.0. The standard InChI is InChI=1S/C20H26N2O3.ClH/c1-13(2)14-5-7-15(8-6-14)18(21)12-22-20(23)17-11-16(24-3)9-10-19(17)25-4;/h5-11,13,18H,12,21H2,1-4H3,(H,22,23);1H. The molecule has 1 amide bonds. The number of amides is 1. The minimum Gasteiger partial charge on any atom is -0.497 e. The zero-order valence-corrected chi connectivity index (χ0v) is 16.4. The molecule has 0 radical (unpaired) electrons. The molecule has 2 aromatic rings. The lowest BCUT2D eigenvalue weighted by Gasteiger charge is -2.16. The molecule has 0 bridgehead atoms. The highest BCUT2D eigenvalue weighted by Crippen LogP contribution is 2.24. The fraction of sp³-hybridized carbons (Fsp3) is 0.350. The summed E-state index contributed by atoms with van der Waals surface area (Å²) < 4.78 is 10.4. The summed E-state index contributed by atoms with van der Waals surface area (Å²) in [6.07, 6.45) is 0. The molecule has 0 heterocycles. The van der Waals surface area contributed by atoms with Crippen LogP contribution in [0.1, 0.15) is 47.3 Å². The number of halogens is 1. The van der Waals surface area contributed by atoms with Gasteiger partial charge < -0.3 is 20.5 Å². The third kappa shape index (κ3) is 5.38. The Hall–Kier alpha value is -2.24. The highest BCUT2D eigenvalue weighted by atomic mass is 35.5. The highest BCUT2D eigenvalue weighted by molar-refractivity contribution is 5.97. The number of nitrogens with two attached hydrogens (primary N) is 1. The number of methoxy groups -OCH3 is 2. The van der Waals surface area contributed by atoms with Crippen molar-refractivity contribution in [3.05, 3.63) is 59.2 Å². The predicted octanol–water partition coefficient (Wildman–Crippen LogP) is 3.68. The number of rotatable bonds is 7. The Kier molecular flexibility index (Phi) is 8.42. The first kappa shape index (κ1) is 21.8. The van der Waals surface area contributed by atoms with Crippen LogP contribution in [0.2, 0.25) is 0 Å². The summed E-state index contributed by atoms with van der Waals surface area (Å²) in [6, 6.07) is 13.0. The Balaban J connectivity index is 0.00000338. The molecule has 0 saturated heterocycles. The van der Waals surface area contributed by atoms with E-state index >= 15 is 0 Å². The third-order valence-corrected chi connectivity index (χ3v) is 4.17. The second-order valence-electron chi connectivity index (χ2n) is 6.20. The number of carbonyl (C=O) groups is 1. The normalized spacial score (nSPS) is 11.5. The summed E-state index contributed by atoms with van der Waals surface area (Å²) in [6.45, 7) is 4.63. The van der Waals surface area contributed by atoms with Crippen molar-refractivity contribution in [1.29, 1.82) is 0 Å². The largest absolute Gasteiger partial charge is 0.497 e. The lowest BCUT2D eigenvalue weighted by atomic mass is 9.99. The quantitative estimate of drug-likeness (QED) is 0.770. The molecule has 0 aliphatic carbocycles. The van der Waals surface area contributed by atoms with Crippen LogP contribution in [-0.2, 0) is 0 Å². The number of ether oxygens (including phenoxy) is 2. The smallest absolute Gasteiger partial charge is 0.255 e. The van der Waals surface area contributed by atoms with Gasteiger partial charge in [-0.05, 0) is 35.2 Å². The Labute approximate surface area is 161 Å². The van der Waals surface area contributed by atoms with Gasteiger partial charge in [0.2, 0.25) is 0 Å². The Morgan fingerprint density at radius 3 is 2.19 bits per heavy atom. The molecule has 1 atom stereocenters. The van der Waals surface area contributed by atoms with Gasteiger partial charge in [-0.1, -0.05) is 38.1 Å². The second kappa shape index (κ2) is 10.0. The SMILES string of the molecule is COc1ccc(OC)c(C(=O)NCC(N)c2ccc(C(C)C)cc2)c1.Cl. The molecule has 142 valence electrons. The van der Waals surface area contributed by atoms with Crippen molar-refractivity contribution in [1.82, 2.24) is 5.32 Å². The molecule has 5 nitrogen and oxygen atoms in total. The van der Waals surface area contributed by atoms with Gasteiger partial charge in [-0.2, -0.15) is 0 Å². The van der Waals surface area contributed by atoms with E-state index in [1.807, 2.05) is 12.1 Å². The first-order valence-corrected chi connectivity index (χ1v) is 8.32. The van der Waals surface area contributed by atoms with Crippen molar-refractivity contribution in [2.45, 2.75) is 25.8 Å². The summed E-state index contributed by atoms with van der Waals surface area (Å²) in [5.74, 6) is 1.32. The lowest BCUT2D eigenvalue weighted by Crippen LogP contribution is -2.32. The minimum absolute atomic E-state index is 0. The van der Waals surface area contributed by atoms with E-state index in [1.54, 1.807) is 25.3 Å². The zero-order chi connectivity index (χ0) is 18.4. The van der Waals surface area contributed by atoms with E-state index in [9.17, 15) is 4.79 Å². The van der Waals surface area contributed by atoms with Gasteiger partial charge in [0.05, 0.1) is 19.8 Å². The van der Waals surface area contributed by atoms with Crippen LogP contribution in [0.5, 0.6) is 11.5 Å². The molecule has 1 unspecified atom stereocenters. The van der Waals surface area contributed by atoms with E-state index in [0.29, 0.717) is 29.5 Å². The van der Waals surface area contributed by atoms with Crippen LogP contribution in [0, 0.1) is 0 Å². The van der Waals surface area contributed by atoms with Crippen molar-refractivity contribution < 1.29 is 14.3 Å². The van der Waals surface area contributed by atoms with E-state index in [1.165, 1.54) is 12.7 Å². The van der Waals surface area contributed by atoms with Crippen molar-refractivity contribution in [3.8, 4) is 11.5 Å². The number of hydrogen-bond acceptors (Lipinski definition) is 4. The second-order valence-corrected chi connectivity index (χ2v) is 6.20. The molecule has 0 aliphatic heterocycles. The Bertz CT molecular complexity index is 717. The molecule has 0 fully saturated rings. The average Bonchev–Trinajstić information content (AvgIpc) is 2.65. The van der Waals surface area contributed by atoms with E-state index in [4.69, 9.17) is 15.2 Å². The Morgan fingerprint density at radius 2 is 1.65 bits per heavy atom. The van der Waals surface area contributed by atoms with E-state index in [2.05, 4.69) is 31.3 Å².